The Hall–Kier alpha value is -10.9. The van der Waals surface area contributed by atoms with E-state index in [0.29, 0.717) is 39.5 Å². The molecule has 33 heteroatoms. The van der Waals surface area contributed by atoms with Crippen LogP contribution >= 0.6 is 27.5 Å². The average molecular weight is 1110 g/mol. The number of hydrogen-bond donors (Lipinski definition) is 3. The van der Waals surface area contributed by atoms with Crippen molar-refractivity contribution in [2.45, 2.75) is 13.8 Å². The molecular formula is C44H32BrClN30O. The summed E-state index contributed by atoms with van der Waals surface area (Å²) in [5.74, 6) is 1.95. The molecule has 0 fully saturated rings. The van der Waals surface area contributed by atoms with E-state index >= 15 is 0 Å². The molecule has 15 aromatic rings. The van der Waals surface area contributed by atoms with Crippen LogP contribution in [0.1, 0.15) is 11.4 Å². The molecular weight excluding hydrogens is 1080 g/mol. The van der Waals surface area contributed by atoms with Gasteiger partial charge in [0.05, 0.1) is 11.2 Å². The minimum absolute atomic E-state index is 0.181. The molecule has 0 saturated carbocycles. The molecule has 0 aliphatic carbocycles. The molecule has 0 atom stereocenters. The number of fused-ring (bicyclic) bond motifs is 6. The largest absolute Gasteiger partial charge is 0.297 e. The summed E-state index contributed by atoms with van der Waals surface area (Å²) in [6.45, 7) is 3.39. The molecule has 13 heterocycles. The summed E-state index contributed by atoms with van der Waals surface area (Å²) < 4.78 is 6.82. The third kappa shape index (κ3) is 11.7. The number of nitrogens with one attached hydrogen (secondary N) is 3. The second-order valence-corrected chi connectivity index (χ2v) is 16.6. The van der Waals surface area contributed by atoms with E-state index in [-0.39, 0.29) is 11.3 Å². The first-order valence-electron chi connectivity index (χ1n) is 22.2. The molecule has 2 aromatic carbocycles. The third-order valence-corrected chi connectivity index (χ3v) is 11.3. The monoisotopic (exact) mass is 1110 g/mol. The second-order valence-electron chi connectivity index (χ2n) is 15.3. The minimum atomic E-state index is -0.278. The van der Waals surface area contributed by atoms with Gasteiger partial charge in [-0.1, -0.05) is 53.1 Å². The first-order chi connectivity index (χ1) is 37.8. The summed E-state index contributed by atoms with van der Waals surface area (Å²) in [6, 6.07) is 32.8. The molecule has 0 radical (unpaired) electrons. The lowest BCUT2D eigenvalue weighted by Crippen LogP contribution is -2.19. The van der Waals surface area contributed by atoms with E-state index in [1.807, 2.05) is 110 Å². The van der Waals surface area contributed by atoms with Crippen molar-refractivity contribution in [3.63, 3.8) is 0 Å². The quantitative estimate of drug-likeness (QED) is 0.226. The van der Waals surface area contributed by atoms with Crippen LogP contribution in [0.25, 0.3) is 78.7 Å². The van der Waals surface area contributed by atoms with Gasteiger partial charge in [-0.15, -0.1) is 45.9 Å². The van der Waals surface area contributed by atoms with Gasteiger partial charge in [-0.05, 0) is 149 Å². The zero-order chi connectivity index (χ0) is 52.9. The van der Waals surface area contributed by atoms with Gasteiger partial charge in [-0.2, -0.15) is 29.2 Å². The Labute approximate surface area is 441 Å². The van der Waals surface area contributed by atoms with Gasteiger partial charge in [-0.25, -0.2) is 9.50 Å². The van der Waals surface area contributed by atoms with Crippen LogP contribution in [-0.2, 0) is 0 Å². The number of aryl methyl sites for hydroxylation is 2. The summed E-state index contributed by atoms with van der Waals surface area (Å²) >= 11 is 9.39. The van der Waals surface area contributed by atoms with E-state index in [9.17, 15) is 4.79 Å². The van der Waals surface area contributed by atoms with Gasteiger partial charge >= 0.3 is 0 Å². The van der Waals surface area contributed by atoms with Gasteiger partial charge in [-0.3, -0.25) is 19.7 Å². The standard InChI is InChI=1S/C10H7ClN6.2C10H7N5.C5H3BrN4.C5H4N4.C4H4N6O/c1-6-8(11)10-14-15-16-17(10)9(13-6)7-2-4-12-5-3-7;1-2-7-6-8(10-12-14-15-13-10)3-4-9(7)11-5-1;1-2-4-8-7(3-1)5-6-11-9(8)10-12-14-15-13-10;6-4-1-2-5-7-8-9-10(5)3-4;1-2-4-9-5(3-1)6-7-8-9;1-2-3(11)10-4(6-5-2)7-8-9-10/h2-5H,1H3;2*1-6H,(H,12,13,14,15);1-3H;1-4H;1H3,(H,6,7,9). The number of halogens is 2. The number of hydrogen-bond acceptors (Lipinski definition) is 24. The molecule has 77 heavy (non-hydrogen) atoms. The predicted octanol–water partition coefficient (Wildman–Crippen LogP) is 3.90. The highest BCUT2D eigenvalue weighted by atomic mass is 79.9. The fraction of sp³-hybridized carbons (Fsp3) is 0.0455. The van der Waals surface area contributed by atoms with Crippen LogP contribution in [0.5, 0.6) is 0 Å². The average Bonchev–Trinajstić information content (AvgIpc) is 4.35. The number of aromatic nitrogens is 30. The number of pyridine rings is 5. The first kappa shape index (κ1) is 49.7. The van der Waals surface area contributed by atoms with E-state index in [1.54, 1.807) is 53.1 Å². The van der Waals surface area contributed by atoms with Crippen LogP contribution in [0.4, 0.5) is 0 Å². The van der Waals surface area contributed by atoms with Gasteiger partial charge in [0, 0.05) is 63.6 Å². The third-order valence-electron chi connectivity index (χ3n) is 10.4. The summed E-state index contributed by atoms with van der Waals surface area (Å²) in [5.41, 5.74) is 6.30. The molecule has 378 valence electrons. The predicted molar refractivity (Wildman–Crippen MR) is 275 cm³/mol. The molecule has 0 saturated heterocycles. The molecule has 0 aliphatic heterocycles. The zero-order valence-corrected chi connectivity index (χ0v) is 41.9. The summed E-state index contributed by atoms with van der Waals surface area (Å²) in [4.78, 5) is 28.0. The van der Waals surface area contributed by atoms with Crippen LogP contribution in [0, 0.1) is 13.8 Å². The number of nitrogens with zero attached hydrogens (tertiary/aromatic N) is 27. The highest BCUT2D eigenvalue weighted by molar-refractivity contribution is 9.10. The van der Waals surface area contributed by atoms with E-state index in [0.717, 1.165) is 58.8 Å². The number of H-pyrrole nitrogens is 3. The molecule has 0 amide bonds. The molecule has 3 N–H and O–H groups in total. The fourth-order valence-electron chi connectivity index (χ4n) is 6.76. The van der Waals surface area contributed by atoms with Crippen molar-refractivity contribution in [3.8, 4) is 34.3 Å². The Morgan fingerprint density at radius 3 is 2.16 bits per heavy atom. The maximum atomic E-state index is 11.1. The first-order valence-corrected chi connectivity index (χ1v) is 23.3. The lowest BCUT2D eigenvalue weighted by atomic mass is 10.1. The highest BCUT2D eigenvalue weighted by Crippen LogP contribution is 2.25. The molecule has 31 nitrogen and oxygen atoms in total. The molecule has 0 aliphatic rings. The van der Waals surface area contributed by atoms with Crippen molar-refractivity contribution in [2.75, 3.05) is 0 Å². The Bertz CT molecular complexity index is 4370. The van der Waals surface area contributed by atoms with Crippen molar-refractivity contribution >= 4 is 71.9 Å². The number of tetrazole rings is 6. The van der Waals surface area contributed by atoms with Gasteiger partial charge in [0.25, 0.3) is 11.3 Å². The summed E-state index contributed by atoms with van der Waals surface area (Å²) in [6.07, 6.45) is 10.5. The minimum Gasteiger partial charge on any atom is -0.265 e. The maximum Gasteiger partial charge on any atom is 0.297 e. The normalized spacial score (nSPS) is 10.6. The van der Waals surface area contributed by atoms with Gasteiger partial charge in [0.15, 0.2) is 17.1 Å². The van der Waals surface area contributed by atoms with Crippen molar-refractivity contribution in [3.05, 3.63) is 172 Å². The van der Waals surface area contributed by atoms with Crippen LogP contribution in [0.2, 0.25) is 5.02 Å². The van der Waals surface area contributed by atoms with Crippen molar-refractivity contribution in [2.24, 2.45) is 0 Å². The smallest absolute Gasteiger partial charge is 0.265 e. The SMILES string of the molecule is Brc1ccc2nnnn2c1.Cc1nc(-c2ccncc2)n2nnnc2c1Cl.Cc1nnc2nn[nH]n2c1=O.c1ccc2c(-c3nn[nH]n3)nccc2c1.c1ccn2nnnc2c1.c1cnc2ccc(-c3nn[nH]n3)cc2c1. The Balaban J connectivity index is 0.000000106. The Kier molecular flexibility index (Phi) is 15.0. The fourth-order valence-corrected chi connectivity index (χ4v) is 7.25. The van der Waals surface area contributed by atoms with E-state index < -0.39 is 0 Å². The number of benzene rings is 2. The maximum absolute atomic E-state index is 11.1. The van der Waals surface area contributed by atoms with Crippen LogP contribution in [0.15, 0.2) is 150 Å². The van der Waals surface area contributed by atoms with Crippen LogP contribution < -0.4 is 5.56 Å². The number of aromatic amines is 3. The summed E-state index contributed by atoms with van der Waals surface area (Å²) in [7, 11) is 0. The number of rotatable bonds is 3. The van der Waals surface area contributed by atoms with E-state index in [2.05, 4.69) is 149 Å². The van der Waals surface area contributed by atoms with Gasteiger partial charge in [0.1, 0.15) is 16.4 Å². The Morgan fingerprint density at radius 1 is 0.597 bits per heavy atom. The van der Waals surface area contributed by atoms with Gasteiger partial charge in [0.2, 0.25) is 17.3 Å². The Morgan fingerprint density at radius 2 is 1.35 bits per heavy atom. The van der Waals surface area contributed by atoms with E-state index in [4.69, 9.17) is 11.6 Å². The molecule has 0 bridgehead atoms. The topological polar surface area (TPSA) is 379 Å². The molecule has 13 aromatic heterocycles. The van der Waals surface area contributed by atoms with Crippen molar-refractivity contribution in [1.29, 1.82) is 0 Å². The van der Waals surface area contributed by atoms with E-state index in [1.165, 1.54) is 4.52 Å². The molecule has 0 spiro atoms. The van der Waals surface area contributed by atoms with Crippen molar-refractivity contribution < 1.29 is 0 Å². The van der Waals surface area contributed by atoms with Gasteiger partial charge < -0.3 is 0 Å². The lowest BCUT2D eigenvalue weighted by Gasteiger charge is -2.05. The van der Waals surface area contributed by atoms with Crippen LogP contribution in [0.3, 0.4) is 0 Å². The van der Waals surface area contributed by atoms with Crippen molar-refractivity contribution in [1.82, 2.24) is 152 Å². The molecule has 15 rings (SSSR count). The summed E-state index contributed by atoms with van der Waals surface area (Å²) in [5, 5.41) is 80.9. The van der Waals surface area contributed by atoms with Crippen LogP contribution in [-0.4, -0.2) is 152 Å². The zero-order valence-electron chi connectivity index (χ0n) is 39.5. The lowest BCUT2D eigenvalue weighted by molar-refractivity contribution is 0.774. The second kappa shape index (κ2) is 23.3. The molecule has 0 unspecified atom stereocenters. The highest BCUT2D eigenvalue weighted by Gasteiger charge is 2.14.